The molecule has 0 aromatic heterocycles. The number of rotatable bonds is 8. The molecule has 34 heavy (non-hydrogen) atoms. The Kier molecular flexibility index (Phi) is 7.59. The molecule has 4 rings (SSSR count). The lowest BCUT2D eigenvalue weighted by Gasteiger charge is -2.29. The van der Waals surface area contributed by atoms with Gasteiger partial charge in [0.05, 0.1) is 26.0 Å². The van der Waals surface area contributed by atoms with Crippen molar-refractivity contribution in [2.75, 3.05) is 20.0 Å². The van der Waals surface area contributed by atoms with Gasteiger partial charge in [-0.25, -0.2) is 10.9 Å². The number of nitrogens with zero attached hydrogens (tertiary/aromatic N) is 2. The van der Waals surface area contributed by atoms with Gasteiger partial charge in [0.15, 0.2) is 16.7 Å². The summed E-state index contributed by atoms with van der Waals surface area (Å²) in [5.41, 5.74) is 9.19. The molecule has 3 N–H and O–H groups in total. The molecule has 2 aromatic carbocycles. The van der Waals surface area contributed by atoms with Crippen molar-refractivity contribution in [1.82, 2.24) is 21.2 Å². The molecule has 0 bridgehead atoms. The first-order valence-electron chi connectivity index (χ1n) is 11.1. The van der Waals surface area contributed by atoms with E-state index in [2.05, 4.69) is 52.5 Å². The zero-order valence-electron chi connectivity index (χ0n) is 19.5. The molecule has 10 heteroatoms. The van der Waals surface area contributed by atoms with E-state index < -0.39 is 0 Å². The van der Waals surface area contributed by atoms with Crippen LogP contribution in [0, 0.1) is 0 Å². The number of hydrazone groups is 1. The number of hydrogen-bond acceptors (Lipinski definition) is 8. The minimum Gasteiger partial charge on any atom is -0.493 e. The van der Waals surface area contributed by atoms with Crippen LogP contribution in [-0.2, 0) is 22.6 Å². The molecule has 180 valence electrons. The highest BCUT2D eigenvalue weighted by atomic mass is 32.2. The maximum absolute atomic E-state index is 12.5. The van der Waals surface area contributed by atoms with E-state index in [0.717, 1.165) is 17.5 Å². The summed E-state index contributed by atoms with van der Waals surface area (Å²) in [6.45, 7) is 2.43. The Labute approximate surface area is 203 Å². The van der Waals surface area contributed by atoms with Crippen molar-refractivity contribution in [2.45, 2.75) is 38.4 Å². The number of amidine groups is 1. The van der Waals surface area contributed by atoms with E-state index in [9.17, 15) is 9.59 Å². The number of para-hydroxylation sites is 1. The highest BCUT2D eigenvalue weighted by molar-refractivity contribution is 8.14. The van der Waals surface area contributed by atoms with Crippen molar-refractivity contribution >= 4 is 28.7 Å². The Morgan fingerprint density at radius 3 is 2.71 bits per heavy atom. The van der Waals surface area contributed by atoms with Gasteiger partial charge in [-0.1, -0.05) is 55.1 Å². The van der Waals surface area contributed by atoms with Crippen LogP contribution in [0.1, 0.15) is 36.1 Å². The number of nitrogens with one attached hydrogen (secondary N) is 3. The highest BCUT2D eigenvalue weighted by Gasteiger charge is 2.41. The molecule has 1 saturated heterocycles. The molecule has 0 saturated carbocycles. The zero-order chi connectivity index (χ0) is 24.1. The second-order valence-corrected chi connectivity index (χ2v) is 8.93. The molecule has 9 nitrogen and oxygen atoms in total. The van der Waals surface area contributed by atoms with E-state index >= 15 is 0 Å². The van der Waals surface area contributed by atoms with E-state index in [1.54, 1.807) is 25.3 Å². The predicted octanol–water partition coefficient (Wildman–Crippen LogP) is 2.34. The van der Waals surface area contributed by atoms with Gasteiger partial charge in [-0.3, -0.25) is 14.6 Å². The highest BCUT2D eigenvalue weighted by Crippen LogP contribution is 2.32. The average Bonchev–Trinajstić information content (AvgIpc) is 3.33. The van der Waals surface area contributed by atoms with Crippen molar-refractivity contribution in [3.63, 3.8) is 0 Å². The third kappa shape index (κ3) is 5.13. The van der Waals surface area contributed by atoms with E-state index in [-0.39, 0.29) is 29.7 Å². The summed E-state index contributed by atoms with van der Waals surface area (Å²) in [7, 11) is 3.14. The Hall–Kier alpha value is -3.24. The SMILES string of the molecule is CCc1ccc(C2CC3C(=O)NN=C(SCC(=O)NCc4cccc(OC)c4OC)N3N2)cc1. The smallest absolute Gasteiger partial charge is 0.264 e. The second kappa shape index (κ2) is 10.8. The van der Waals surface area contributed by atoms with Crippen LogP contribution in [0.5, 0.6) is 11.5 Å². The summed E-state index contributed by atoms with van der Waals surface area (Å²) in [5, 5.41) is 9.42. The Morgan fingerprint density at radius 1 is 1.21 bits per heavy atom. The monoisotopic (exact) mass is 483 g/mol. The van der Waals surface area contributed by atoms with Gasteiger partial charge in [0, 0.05) is 12.1 Å². The standard InChI is InChI=1S/C24H29N5O4S/c1-4-15-8-10-16(11-9-15)18-12-19-23(31)26-27-24(29(19)28-18)34-14-21(30)25-13-17-6-5-7-20(32-2)22(17)33-3/h5-11,18-19,28H,4,12-14H2,1-3H3,(H,25,30)(H,26,31). The van der Waals surface area contributed by atoms with Crippen molar-refractivity contribution in [3.8, 4) is 11.5 Å². The van der Waals surface area contributed by atoms with Crippen LogP contribution in [-0.4, -0.2) is 48.0 Å². The van der Waals surface area contributed by atoms with Gasteiger partial charge in [0.25, 0.3) is 5.91 Å². The van der Waals surface area contributed by atoms with Gasteiger partial charge in [-0.05, 0) is 30.0 Å². The molecule has 2 aliphatic heterocycles. The minimum atomic E-state index is -0.375. The molecule has 0 aliphatic carbocycles. The topological polar surface area (TPSA) is 104 Å². The Bertz CT molecular complexity index is 1080. The number of hydrogen-bond donors (Lipinski definition) is 3. The summed E-state index contributed by atoms with van der Waals surface area (Å²) in [4.78, 5) is 24.9. The number of carbonyl (C=O) groups excluding carboxylic acids is 2. The molecule has 2 aliphatic rings. The van der Waals surface area contributed by atoms with Gasteiger partial charge in [0.2, 0.25) is 5.91 Å². The molecule has 2 unspecified atom stereocenters. The van der Waals surface area contributed by atoms with Gasteiger partial charge >= 0.3 is 0 Å². The summed E-state index contributed by atoms with van der Waals surface area (Å²) in [6.07, 6.45) is 1.61. The predicted molar refractivity (Wildman–Crippen MR) is 131 cm³/mol. The van der Waals surface area contributed by atoms with Gasteiger partial charge in [0.1, 0.15) is 6.04 Å². The first kappa shape index (κ1) is 23.9. The number of ether oxygens (including phenoxy) is 2. The lowest BCUT2D eigenvalue weighted by atomic mass is 10.00. The van der Waals surface area contributed by atoms with Crippen LogP contribution in [0.4, 0.5) is 0 Å². The maximum Gasteiger partial charge on any atom is 0.264 e. The number of amides is 2. The number of methoxy groups -OCH3 is 2. The van der Waals surface area contributed by atoms with Crippen molar-refractivity contribution < 1.29 is 19.1 Å². The molecule has 0 radical (unpaired) electrons. The van der Waals surface area contributed by atoms with Crippen LogP contribution >= 0.6 is 11.8 Å². The number of aryl methyl sites for hydroxylation is 1. The summed E-state index contributed by atoms with van der Waals surface area (Å²) >= 11 is 1.27. The van der Waals surface area contributed by atoms with Crippen molar-refractivity contribution in [2.24, 2.45) is 5.10 Å². The zero-order valence-corrected chi connectivity index (χ0v) is 20.3. The van der Waals surface area contributed by atoms with Crippen LogP contribution < -0.4 is 25.6 Å². The van der Waals surface area contributed by atoms with E-state index in [0.29, 0.717) is 29.6 Å². The summed E-state index contributed by atoms with van der Waals surface area (Å²) < 4.78 is 10.7. The molecule has 2 aromatic rings. The fourth-order valence-corrected chi connectivity index (χ4v) is 4.84. The molecule has 2 atom stereocenters. The van der Waals surface area contributed by atoms with Gasteiger partial charge in [-0.2, -0.15) is 0 Å². The van der Waals surface area contributed by atoms with Crippen LogP contribution in [0.2, 0.25) is 0 Å². The van der Waals surface area contributed by atoms with E-state index in [4.69, 9.17) is 9.47 Å². The molecule has 1 fully saturated rings. The van der Waals surface area contributed by atoms with Crippen LogP contribution in [0.15, 0.2) is 47.6 Å². The van der Waals surface area contributed by atoms with E-state index in [1.165, 1.54) is 17.3 Å². The molecule has 0 spiro atoms. The maximum atomic E-state index is 12.5. The number of fused-ring (bicyclic) bond motifs is 1. The van der Waals surface area contributed by atoms with Crippen LogP contribution in [0.3, 0.4) is 0 Å². The minimum absolute atomic E-state index is 0.0000847. The van der Waals surface area contributed by atoms with Crippen molar-refractivity contribution in [1.29, 1.82) is 0 Å². The second-order valence-electron chi connectivity index (χ2n) is 7.99. The van der Waals surface area contributed by atoms with Gasteiger partial charge < -0.3 is 14.8 Å². The lowest BCUT2D eigenvalue weighted by Crippen LogP contribution is -2.52. The fourth-order valence-electron chi connectivity index (χ4n) is 4.05. The third-order valence-electron chi connectivity index (χ3n) is 5.92. The third-order valence-corrected chi connectivity index (χ3v) is 6.87. The largest absolute Gasteiger partial charge is 0.493 e. The normalized spacial score (nSPS) is 19.2. The molecular weight excluding hydrogens is 454 g/mol. The number of benzene rings is 2. The van der Waals surface area contributed by atoms with Crippen LogP contribution in [0.25, 0.3) is 0 Å². The summed E-state index contributed by atoms with van der Waals surface area (Å²) in [6, 6.07) is 13.6. The number of thioether (sulfide) groups is 1. The summed E-state index contributed by atoms with van der Waals surface area (Å²) in [5.74, 6) is 1.05. The molecule has 2 amide bonds. The first-order chi connectivity index (χ1) is 16.5. The quantitative estimate of drug-likeness (QED) is 0.529. The molecule has 2 heterocycles. The van der Waals surface area contributed by atoms with Crippen molar-refractivity contribution in [3.05, 3.63) is 59.2 Å². The fraction of sp³-hybridized carbons (Fsp3) is 0.375. The number of carbonyl (C=O) groups is 2. The average molecular weight is 484 g/mol. The lowest BCUT2D eigenvalue weighted by molar-refractivity contribution is -0.125. The molecular formula is C24H29N5O4S. The Morgan fingerprint density at radius 2 is 2.00 bits per heavy atom. The first-order valence-corrected chi connectivity index (χ1v) is 12.1. The van der Waals surface area contributed by atoms with Gasteiger partial charge in [-0.15, -0.1) is 5.10 Å². The van der Waals surface area contributed by atoms with E-state index in [1.807, 2.05) is 12.1 Å². The number of hydrazine groups is 1. The Balaban J connectivity index is 1.35.